The molecule has 27 heavy (non-hydrogen) atoms. The molecular formula is C18H31N3O6. The highest BCUT2D eigenvalue weighted by Gasteiger charge is 2.44. The fraction of sp³-hybridized carbons (Fsp3) is 0.778. The zero-order valence-corrected chi connectivity index (χ0v) is 16.9. The van der Waals surface area contributed by atoms with E-state index in [9.17, 15) is 19.2 Å². The maximum Gasteiger partial charge on any atom is 0.408 e. The highest BCUT2D eigenvalue weighted by molar-refractivity contribution is 5.92. The number of likely N-dealkylation sites (tertiary alicyclic amines) is 1. The van der Waals surface area contributed by atoms with Gasteiger partial charge >= 0.3 is 12.1 Å². The number of nitrogens with one attached hydrogen (secondary N) is 1. The molecule has 0 unspecified atom stereocenters. The average Bonchev–Trinajstić information content (AvgIpc) is 2.92. The molecule has 2 amide bonds. The average molecular weight is 385 g/mol. The molecule has 0 aliphatic carbocycles. The minimum Gasteiger partial charge on any atom is -0.458 e. The van der Waals surface area contributed by atoms with Gasteiger partial charge in [-0.15, -0.1) is 0 Å². The molecule has 3 N–H and O–H groups in total. The normalized spacial score (nSPS) is 21.4. The van der Waals surface area contributed by atoms with E-state index >= 15 is 0 Å². The standard InChI is InChI=1S/C18H31N3O6/c1-17(2,3)26-15(24)13-8-7-11(10-22)21(13)14(23)12(9-19)20-16(25)27-18(4,5)6/h10-13H,7-9,19H2,1-6H3,(H,20,25)/t11-,12-,13-/m0/s1. The van der Waals surface area contributed by atoms with Gasteiger partial charge in [0.25, 0.3) is 0 Å². The lowest BCUT2D eigenvalue weighted by atomic mass is 10.1. The molecule has 0 saturated carbocycles. The molecule has 9 heteroatoms. The number of rotatable bonds is 5. The summed E-state index contributed by atoms with van der Waals surface area (Å²) in [6.07, 6.45) is 0.446. The molecule has 0 radical (unpaired) electrons. The zero-order chi connectivity index (χ0) is 21.0. The Bertz CT molecular complexity index is 579. The summed E-state index contributed by atoms with van der Waals surface area (Å²) in [5.41, 5.74) is 4.17. The van der Waals surface area contributed by atoms with E-state index in [4.69, 9.17) is 15.2 Å². The van der Waals surface area contributed by atoms with Gasteiger partial charge in [-0.3, -0.25) is 4.79 Å². The van der Waals surface area contributed by atoms with Gasteiger partial charge in [-0.05, 0) is 54.4 Å². The number of hydrogen-bond donors (Lipinski definition) is 2. The van der Waals surface area contributed by atoms with Crippen LogP contribution in [0.1, 0.15) is 54.4 Å². The van der Waals surface area contributed by atoms with E-state index in [0.29, 0.717) is 19.1 Å². The monoisotopic (exact) mass is 385 g/mol. The van der Waals surface area contributed by atoms with Gasteiger partial charge in [-0.1, -0.05) is 0 Å². The maximum atomic E-state index is 12.9. The van der Waals surface area contributed by atoms with E-state index in [2.05, 4.69) is 5.32 Å². The van der Waals surface area contributed by atoms with Gasteiger partial charge in [-0.25, -0.2) is 9.59 Å². The third-order valence-corrected chi connectivity index (χ3v) is 3.74. The van der Waals surface area contributed by atoms with Crippen molar-refractivity contribution in [3.8, 4) is 0 Å². The quantitative estimate of drug-likeness (QED) is 0.527. The van der Waals surface area contributed by atoms with Crippen molar-refractivity contribution >= 4 is 24.3 Å². The molecule has 0 aromatic carbocycles. The molecule has 0 aromatic heterocycles. The number of esters is 1. The first-order valence-corrected chi connectivity index (χ1v) is 8.99. The minimum absolute atomic E-state index is 0.207. The Kier molecular flexibility index (Phi) is 7.36. The molecule has 1 heterocycles. The SMILES string of the molecule is CC(C)(C)OC(=O)N[C@@H](CN)C(=O)N1[C@H](C=O)CC[C@H]1C(=O)OC(C)(C)C. The molecule has 1 aliphatic rings. The van der Waals surface area contributed by atoms with Gasteiger partial charge in [0.05, 0.1) is 6.04 Å². The van der Waals surface area contributed by atoms with Crippen molar-refractivity contribution in [1.82, 2.24) is 10.2 Å². The summed E-state index contributed by atoms with van der Waals surface area (Å²) in [4.78, 5) is 50.0. The third-order valence-electron chi connectivity index (χ3n) is 3.74. The first kappa shape index (κ1) is 22.9. The molecular weight excluding hydrogens is 354 g/mol. The van der Waals surface area contributed by atoms with Crippen molar-refractivity contribution in [1.29, 1.82) is 0 Å². The Balaban J connectivity index is 2.97. The molecule has 0 aromatic rings. The van der Waals surface area contributed by atoms with Crippen molar-refractivity contribution in [2.24, 2.45) is 5.73 Å². The lowest BCUT2D eigenvalue weighted by Crippen LogP contribution is -2.57. The highest BCUT2D eigenvalue weighted by Crippen LogP contribution is 2.26. The topological polar surface area (TPSA) is 128 Å². The van der Waals surface area contributed by atoms with E-state index in [0.717, 1.165) is 4.90 Å². The van der Waals surface area contributed by atoms with E-state index in [1.165, 1.54) is 0 Å². The Morgan fingerprint density at radius 1 is 1.11 bits per heavy atom. The molecule has 9 nitrogen and oxygen atoms in total. The van der Waals surface area contributed by atoms with Crippen LogP contribution in [0.25, 0.3) is 0 Å². The fourth-order valence-electron chi connectivity index (χ4n) is 2.74. The molecule has 1 fully saturated rings. The molecule has 0 bridgehead atoms. The number of nitrogens with two attached hydrogens (primary N) is 1. The van der Waals surface area contributed by atoms with Crippen molar-refractivity contribution in [3.63, 3.8) is 0 Å². The maximum absolute atomic E-state index is 12.9. The fourth-order valence-corrected chi connectivity index (χ4v) is 2.74. The first-order chi connectivity index (χ1) is 12.3. The summed E-state index contributed by atoms with van der Waals surface area (Å²) >= 11 is 0. The lowest BCUT2D eigenvalue weighted by molar-refractivity contribution is -0.164. The van der Waals surface area contributed by atoms with Gasteiger partial charge in [0.15, 0.2) is 0 Å². The van der Waals surface area contributed by atoms with Gasteiger partial charge < -0.3 is 30.2 Å². The van der Waals surface area contributed by atoms with Crippen LogP contribution < -0.4 is 11.1 Å². The number of ether oxygens (including phenoxy) is 2. The van der Waals surface area contributed by atoms with Crippen LogP contribution in [-0.4, -0.2) is 65.0 Å². The number of alkyl carbamates (subject to hydrolysis) is 1. The van der Waals surface area contributed by atoms with E-state index in [1.807, 2.05) is 0 Å². The summed E-state index contributed by atoms with van der Waals surface area (Å²) in [5.74, 6) is -1.21. The number of nitrogens with zero attached hydrogens (tertiary/aromatic N) is 1. The molecule has 0 spiro atoms. The highest BCUT2D eigenvalue weighted by atomic mass is 16.6. The van der Waals surface area contributed by atoms with Crippen molar-refractivity contribution in [2.75, 3.05) is 6.54 Å². The summed E-state index contributed by atoms with van der Waals surface area (Å²) in [6.45, 7) is 10.0. The second-order valence-electron chi connectivity index (χ2n) is 8.51. The number of carbonyl (C=O) groups is 4. The van der Waals surface area contributed by atoms with Crippen molar-refractivity contribution in [2.45, 2.75) is 83.7 Å². The molecule has 1 saturated heterocycles. The van der Waals surface area contributed by atoms with Crippen molar-refractivity contribution < 1.29 is 28.7 Å². The van der Waals surface area contributed by atoms with Crippen LogP contribution >= 0.6 is 0 Å². The summed E-state index contributed by atoms with van der Waals surface area (Å²) in [6, 6.07) is -2.80. The number of aldehydes is 1. The predicted molar refractivity (Wildman–Crippen MR) is 97.8 cm³/mol. The second-order valence-corrected chi connectivity index (χ2v) is 8.51. The predicted octanol–water partition coefficient (Wildman–Crippen LogP) is 0.739. The molecule has 1 aliphatic heterocycles. The second kappa shape index (κ2) is 8.69. The van der Waals surface area contributed by atoms with Gasteiger partial charge in [0, 0.05) is 6.54 Å². The Morgan fingerprint density at radius 3 is 2.11 bits per heavy atom. The smallest absolute Gasteiger partial charge is 0.408 e. The summed E-state index contributed by atoms with van der Waals surface area (Å²) in [7, 11) is 0. The molecule has 1 rings (SSSR count). The van der Waals surface area contributed by atoms with Crippen LogP contribution in [0.2, 0.25) is 0 Å². The molecule has 3 atom stereocenters. The third kappa shape index (κ3) is 6.82. The van der Waals surface area contributed by atoms with Crippen molar-refractivity contribution in [3.05, 3.63) is 0 Å². The van der Waals surface area contributed by atoms with Crippen LogP contribution in [0.3, 0.4) is 0 Å². The number of carbonyl (C=O) groups excluding carboxylic acids is 4. The van der Waals surface area contributed by atoms with E-state index < -0.39 is 47.3 Å². The van der Waals surface area contributed by atoms with Crippen LogP contribution in [0, 0.1) is 0 Å². The Hall–Kier alpha value is -2.16. The van der Waals surface area contributed by atoms with E-state index in [-0.39, 0.29) is 6.54 Å². The van der Waals surface area contributed by atoms with Gasteiger partial charge in [-0.2, -0.15) is 0 Å². The van der Waals surface area contributed by atoms with Crippen LogP contribution in [-0.2, 0) is 23.9 Å². The van der Waals surface area contributed by atoms with Crippen LogP contribution in [0.4, 0.5) is 4.79 Å². The summed E-state index contributed by atoms with van der Waals surface area (Å²) < 4.78 is 10.5. The zero-order valence-electron chi connectivity index (χ0n) is 16.9. The Labute approximate surface area is 159 Å². The van der Waals surface area contributed by atoms with Crippen LogP contribution in [0.15, 0.2) is 0 Å². The first-order valence-electron chi connectivity index (χ1n) is 8.99. The minimum atomic E-state index is -1.12. The largest absolute Gasteiger partial charge is 0.458 e. The number of amides is 2. The summed E-state index contributed by atoms with van der Waals surface area (Å²) in [5, 5.41) is 2.41. The Morgan fingerprint density at radius 2 is 1.67 bits per heavy atom. The number of hydrogen-bond acceptors (Lipinski definition) is 7. The lowest BCUT2D eigenvalue weighted by Gasteiger charge is -2.32. The van der Waals surface area contributed by atoms with Crippen LogP contribution in [0.5, 0.6) is 0 Å². The van der Waals surface area contributed by atoms with Gasteiger partial charge in [0.2, 0.25) is 5.91 Å². The van der Waals surface area contributed by atoms with E-state index in [1.54, 1.807) is 41.5 Å². The van der Waals surface area contributed by atoms with Gasteiger partial charge in [0.1, 0.15) is 29.6 Å². The molecule has 154 valence electrons.